The molecule has 0 atom stereocenters. The fourth-order valence-electron chi connectivity index (χ4n) is 4.31. The second-order valence-electron chi connectivity index (χ2n) is 8.24. The number of aliphatic hydroxyl groups excluding tert-OH is 1. The van der Waals surface area contributed by atoms with Gasteiger partial charge in [-0.2, -0.15) is 9.97 Å². The van der Waals surface area contributed by atoms with Gasteiger partial charge in [0.2, 0.25) is 11.7 Å². The highest BCUT2D eigenvalue weighted by Gasteiger charge is 2.34. The van der Waals surface area contributed by atoms with Crippen LogP contribution >= 0.6 is 0 Å². The number of hydrogen-bond donors (Lipinski definition) is 4. The summed E-state index contributed by atoms with van der Waals surface area (Å²) in [5.74, 6) is 1.81. The molecule has 0 aliphatic heterocycles. The van der Waals surface area contributed by atoms with Crippen molar-refractivity contribution in [3.05, 3.63) is 60.2 Å². The molecule has 1 fully saturated rings. The molecule has 0 bridgehead atoms. The highest BCUT2D eigenvalue weighted by molar-refractivity contribution is 6.06. The number of fused-ring (bicyclic) bond motifs is 1. The first-order chi connectivity index (χ1) is 15.6. The molecule has 4 aromatic rings. The number of aliphatic hydroxyl groups is 1. The van der Waals surface area contributed by atoms with Crippen molar-refractivity contribution in [2.45, 2.75) is 24.8 Å². The van der Waals surface area contributed by atoms with E-state index in [-0.39, 0.29) is 12.1 Å². The summed E-state index contributed by atoms with van der Waals surface area (Å²) in [5.41, 5.74) is 10.9. The molecule has 2 aromatic carbocycles. The first kappa shape index (κ1) is 20.5. The van der Waals surface area contributed by atoms with Crippen LogP contribution in [0, 0.1) is 0 Å². The van der Waals surface area contributed by atoms with Crippen molar-refractivity contribution in [3.8, 4) is 22.5 Å². The van der Waals surface area contributed by atoms with Crippen LogP contribution in [0.2, 0.25) is 0 Å². The van der Waals surface area contributed by atoms with E-state index in [9.17, 15) is 0 Å². The summed E-state index contributed by atoms with van der Waals surface area (Å²) < 4.78 is 6.34. The molecule has 0 radical (unpaired) electrons. The highest BCUT2D eigenvalue weighted by Crippen LogP contribution is 2.44. The minimum Gasteiger partial charge on any atom is -0.437 e. The Morgan fingerprint density at radius 3 is 2.41 bits per heavy atom. The van der Waals surface area contributed by atoms with Gasteiger partial charge in [-0.05, 0) is 30.4 Å². The molecule has 164 valence electrons. The third-order valence-electron chi connectivity index (χ3n) is 6.21. The smallest absolute Gasteiger partial charge is 0.234 e. The summed E-state index contributed by atoms with van der Waals surface area (Å²) in [4.78, 5) is 9.17. The molecule has 2 heterocycles. The van der Waals surface area contributed by atoms with Gasteiger partial charge < -0.3 is 25.9 Å². The topological polar surface area (TPSA) is 109 Å². The van der Waals surface area contributed by atoms with E-state index in [1.165, 1.54) is 6.42 Å². The summed E-state index contributed by atoms with van der Waals surface area (Å²) in [6.07, 6.45) is 3.23. The van der Waals surface area contributed by atoms with E-state index < -0.39 is 0 Å². The van der Waals surface area contributed by atoms with Crippen molar-refractivity contribution in [1.29, 1.82) is 0 Å². The SMILES string of the molecule is CNc1nc(NCCO)nc2oc(-c3ccc(C4(N)CCC4)cc3)c(-c3ccccc3)c12. The van der Waals surface area contributed by atoms with Gasteiger partial charge in [0.25, 0.3) is 0 Å². The molecule has 7 heteroatoms. The Balaban J connectivity index is 1.69. The number of aromatic nitrogens is 2. The molecular weight excluding hydrogens is 402 g/mol. The molecule has 0 saturated heterocycles. The first-order valence-corrected chi connectivity index (χ1v) is 11.0. The summed E-state index contributed by atoms with van der Waals surface area (Å²) in [6.45, 7) is 0.347. The molecule has 0 spiro atoms. The molecule has 5 rings (SSSR count). The number of rotatable bonds is 7. The van der Waals surface area contributed by atoms with Crippen LogP contribution in [0.15, 0.2) is 59.0 Å². The van der Waals surface area contributed by atoms with Gasteiger partial charge in [-0.25, -0.2) is 0 Å². The maximum absolute atomic E-state index is 9.15. The Bertz CT molecular complexity index is 1230. The minimum absolute atomic E-state index is 0.00998. The molecule has 0 amide bonds. The molecular formula is C25H27N5O2. The molecule has 32 heavy (non-hydrogen) atoms. The van der Waals surface area contributed by atoms with Crippen molar-refractivity contribution in [1.82, 2.24) is 9.97 Å². The van der Waals surface area contributed by atoms with Crippen LogP contribution in [0.4, 0.5) is 11.8 Å². The lowest BCUT2D eigenvalue weighted by molar-refractivity contribution is 0.253. The van der Waals surface area contributed by atoms with Crippen LogP contribution in [-0.4, -0.2) is 35.3 Å². The lowest BCUT2D eigenvalue weighted by atomic mass is 9.72. The third kappa shape index (κ3) is 3.49. The second kappa shape index (κ2) is 8.26. The van der Waals surface area contributed by atoms with Crippen molar-refractivity contribution in [3.63, 3.8) is 0 Å². The molecule has 1 aliphatic carbocycles. The predicted molar refractivity (Wildman–Crippen MR) is 128 cm³/mol. The van der Waals surface area contributed by atoms with Gasteiger partial charge in [0, 0.05) is 30.3 Å². The van der Waals surface area contributed by atoms with Crippen molar-refractivity contribution in [2.24, 2.45) is 5.73 Å². The average Bonchev–Trinajstić information content (AvgIpc) is 3.21. The number of nitrogens with one attached hydrogen (secondary N) is 2. The fourth-order valence-corrected chi connectivity index (χ4v) is 4.31. The van der Waals surface area contributed by atoms with Gasteiger partial charge in [0.15, 0.2) is 0 Å². The van der Waals surface area contributed by atoms with E-state index in [0.717, 1.165) is 46.2 Å². The van der Waals surface area contributed by atoms with Crippen molar-refractivity contribution >= 4 is 22.9 Å². The lowest BCUT2D eigenvalue weighted by Crippen LogP contribution is -2.43. The monoisotopic (exact) mass is 429 g/mol. The molecule has 1 aliphatic rings. The average molecular weight is 430 g/mol. The van der Waals surface area contributed by atoms with Crippen LogP contribution in [0.3, 0.4) is 0 Å². The Hall–Kier alpha value is -3.42. The zero-order valence-electron chi connectivity index (χ0n) is 18.1. The van der Waals surface area contributed by atoms with E-state index in [1.807, 2.05) is 25.2 Å². The van der Waals surface area contributed by atoms with Gasteiger partial charge in [0.1, 0.15) is 11.6 Å². The molecule has 5 N–H and O–H groups in total. The predicted octanol–water partition coefficient (Wildman–Crippen LogP) is 4.34. The quantitative estimate of drug-likeness (QED) is 0.346. The number of benzene rings is 2. The van der Waals surface area contributed by atoms with Crippen LogP contribution in [0.25, 0.3) is 33.6 Å². The lowest BCUT2D eigenvalue weighted by Gasteiger charge is -2.38. The van der Waals surface area contributed by atoms with Crippen LogP contribution < -0.4 is 16.4 Å². The molecule has 7 nitrogen and oxygen atoms in total. The zero-order valence-corrected chi connectivity index (χ0v) is 18.1. The zero-order chi connectivity index (χ0) is 22.1. The maximum atomic E-state index is 9.15. The van der Waals surface area contributed by atoms with Crippen LogP contribution in [-0.2, 0) is 5.54 Å². The number of nitrogens with zero attached hydrogens (tertiary/aromatic N) is 2. The van der Waals surface area contributed by atoms with E-state index in [0.29, 0.717) is 24.0 Å². The third-order valence-corrected chi connectivity index (χ3v) is 6.21. The largest absolute Gasteiger partial charge is 0.437 e. The maximum Gasteiger partial charge on any atom is 0.234 e. The molecule has 1 saturated carbocycles. The Labute approximate surface area is 186 Å². The first-order valence-electron chi connectivity index (χ1n) is 11.0. The van der Waals surface area contributed by atoms with Crippen molar-refractivity contribution < 1.29 is 9.52 Å². The standard InChI is InChI=1S/C25H27N5O2/c1-27-22-20-19(16-6-3-2-4-7-16)21(32-23(20)30-24(29-22)28-14-15-31)17-8-10-18(11-9-17)25(26)12-5-13-25/h2-4,6-11,31H,5,12-15,26H2,1H3,(H2,27,28,29,30). The molecule has 2 aromatic heterocycles. The van der Waals surface area contributed by atoms with Gasteiger partial charge >= 0.3 is 0 Å². The van der Waals surface area contributed by atoms with E-state index in [4.69, 9.17) is 15.3 Å². The normalized spacial score (nSPS) is 14.8. The Kier molecular flexibility index (Phi) is 5.28. The Morgan fingerprint density at radius 1 is 1.03 bits per heavy atom. The van der Waals surface area contributed by atoms with Gasteiger partial charge in [-0.3, -0.25) is 0 Å². The minimum atomic E-state index is -0.202. The number of hydrogen-bond acceptors (Lipinski definition) is 7. The summed E-state index contributed by atoms with van der Waals surface area (Å²) >= 11 is 0. The summed E-state index contributed by atoms with van der Waals surface area (Å²) in [6, 6.07) is 18.5. The number of nitrogens with two attached hydrogens (primary N) is 1. The Morgan fingerprint density at radius 2 is 1.78 bits per heavy atom. The molecule has 0 unspecified atom stereocenters. The summed E-state index contributed by atoms with van der Waals surface area (Å²) in [7, 11) is 1.83. The van der Waals surface area contributed by atoms with Gasteiger partial charge in [0.05, 0.1) is 12.0 Å². The highest BCUT2D eigenvalue weighted by atomic mass is 16.3. The van der Waals surface area contributed by atoms with Crippen LogP contribution in [0.1, 0.15) is 24.8 Å². The number of furan rings is 1. The van der Waals surface area contributed by atoms with E-state index in [2.05, 4.69) is 57.0 Å². The van der Waals surface area contributed by atoms with Crippen LogP contribution in [0.5, 0.6) is 0 Å². The van der Waals surface area contributed by atoms with E-state index in [1.54, 1.807) is 0 Å². The fraction of sp³-hybridized carbons (Fsp3) is 0.280. The summed E-state index contributed by atoms with van der Waals surface area (Å²) in [5, 5.41) is 16.2. The van der Waals surface area contributed by atoms with Gasteiger partial charge in [-0.1, -0.05) is 54.6 Å². The van der Waals surface area contributed by atoms with E-state index >= 15 is 0 Å². The second-order valence-corrected chi connectivity index (χ2v) is 8.24. The van der Waals surface area contributed by atoms with Gasteiger partial charge in [-0.15, -0.1) is 0 Å². The van der Waals surface area contributed by atoms with Crippen molar-refractivity contribution in [2.75, 3.05) is 30.8 Å². The number of anilines is 2.